The molecule has 0 saturated heterocycles. The van der Waals surface area contributed by atoms with Crippen LogP contribution in [0.25, 0.3) is 38.9 Å². The van der Waals surface area contributed by atoms with Gasteiger partial charge in [0.05, 0.1) is 18.1 Å². The Morgan fingerprint density at radius 1 is 0.960 bits per heavy atom. The topological polar surface area (TPSA) is 56.7 Å². The van der Waals surface area contributed by atoms with Gasteiger partial charge in [-0.1, -0.05) is 7.43 Å². The number of fused-ring (bicyclic) bond motifs is 2. The highest BCUT2D eigenvalue weighted by molar-refractivity contribution is 5.85. The van der Waals surface area contributed by atoms with E-state index in [0.29, 0.717) is 5.82 Å². The van der Waals surface area contributed by atoms with Crippen LogP contribution >= 0.6 is 0 Å². The number of aromatic nitrogens is 4. The van der Waals surface area contributed by atoms with E-state index >= 15 is 0 Å². The lowest BCUT2D eigenvalue weighted by atomic mass is 10.1. The Morgan fingerprint density at radius 3 is 2.80 bits per heavy atom. The molecule has 0 aliphatic rings. The molecule has 0 radical (unpaired) electrons. The zero-order chi connectivity index (χ0) is 15.9. The highest BCUT2D eigenvalue weighted by Gasteiger charge is 2.06. The molecule has 0 unspecified atom stereocenters. The standard InChI is InChI=1S/C19H12N4O.CH4/c1-4-18-13(5-8-24-18)9-14(1)19-21-11-15-10-16(2-3-17(15)22-19)23-7-6-20-12-23;/h1-12H;1H4. The van der Waals surface area contributed by atoms with Gasteiger partial charge in [-0.15, -0.1) is 0 Å². The number of hydrogen-bond acceptors (Lipinski definition) is 4. The van der Waals surface area contributed by atoms with Crippen LogP contribution in [0, 0.1) is 0 Å². The van der Waals surface area contributed by atoms with Crippen LogP contribution in [0.5, 0.6) is 0 Å². The lowest BCUT2D eigenvalue weighted by Gasteiger charge is -2.06. The third-order valence-corrected chi connectivity index (χ3v) is 4.08. The maximum Gasteiger partial charge on any atom is 0.159 e. The van der Waals surface area contributed by atoms with Gasteiger partial charge in [0.1, 0.15) is 5.58 Å². The Kier molecular flexibility index (Phi) is 3.54. The maximum atomic E-state index is 5.38. The largest absolute Gasteiger partial charge is 0.464 e. The van der Waals surface area contributed by atoms with Crippen molar-refractivity contribution in [3.05, 3.63) is 73.6 Å². The van der Waals surface area contributed by atoms with Gasteiger partial charge in [-0.3, -0.25) is 0 Å². The van der Waals surface area contributed by atoms with E-state index < -0.39 is 0 Å². The molecule has 0 aliphatic carbocycles. The minimum atomic E-state index is 0. The molecule has 2 aromatic carbocycles. The third-order valence-electron chi connectivity index (χ3n) is 4.08. The Balaban J connectivity index is 0.00000157. The lowest BCUT2D eigenvalue weighted by molar-refractivity contribution is 0.616. The van der Waals surface area contributed by atoms with Crippen LogP contribution in [0.15, 0.2) is 78.1 Å². The summed E-state index contributed by atoms with van der Waals surface area (Å²) in [5.41, 5.74) is 3.79. The first-order valence-electron chi connectivity index (χ1n) is 7.60. The van der Waals surface area contributed by atoms with Crippen LogP contribution in [-0.4, -0.2) is 19.5 Å². The van der Waals surface area contributed by atoms with E-state index in [1.54, 1.807) is 18.8 Å². The molecular formula is C20H16N4O. The molecule has 0 fully saturated rings. The normalized spacial score (nSPS) is 10.9. The average molecular weight is 328 g/mol. The Hall–Kier alpha value is -3.47. The molecule has 0 atom stereocenters. The molecule has 0 aliphatic heterocycles. The molecule has 0 amide bonds. The van der Waals surface area contributed by atoms with Gasteiger partial charge in [-0.25, -0.2) is 15.0 Å². The number of rotatable bonds is 2. The maximum absolute atomic E-state index is 5.38. The van der Waals surface area contributed by atoms with E-state index in [1.165, 1.54) is 0 Å². The van der Waals surface area contributed by atoms with E-state index in [1.807, 2.05) is 53.4 Å². The second kappa shape index (κ2) is 5.87. The number of imidazole rings is 1. The minimum absolute atomic E-state index is 0. The molecule has 0 saturated carbocycles. The van der Waals surface area contributed by atoms with Crippen molar-refractivity contribution in [3.8, 4) is 17.1 Å². The summed E-state index contributed by atoms with van der Waals surface area (Å²) in [7, 11) is 0. The van der Waals surface area contributed by atoms with Crippen molar-refractivity contribution in [3.63, 3.8) is 0 Å². The Morgan fingerprint density at radius 2 is 1.92 bits per heavy atom. The Labute approximate surface area is 144 Å². The third kappa shape index (κ3) is 2.55. The van der Waals surface area contributed by atoms with Crippen LogP contribution in [-0.2, 0) is 0 Å². The number of hydrogen-bond donors (Lipinski definition) is 0. The molecule has 5 aromatic rings. The SMILES string of the molecule is C.c1cn(-c2ccc3nc(-c4ccc5occc5c4)ncc3c2)cn1. The van der Waals surface area contributed by atoms with Crippen LogP contribution in [0.3, 0.4) is 0 Å². The van der Waals surface area contributed by atoms with Crippen molar-refractivity contribution in [2.45, 2.75) is 7.43 Å². The molecule has 0 N–H and O–H groups in total. The summed E-state index contributed by atoms with van der Waals surface area (Å²) >= 11 is 0. The van der Waals surface area contributed by atoms with Gasteiger partial charge in [0.25, 0.3) is 0 Å². The van der Waals surface area contributed by atoms with Crippen molar-refractivity contribution in [2.75, 3.05) is 0 Å². The summed E-state index contributed by atoms with van der Waals surface area (Å²) in [6.45, 7) is 0. The van der Waals surface area contributed by atoms with Crippen molar-refractivity contribution in [1.82, 2.24) is 19.5 Å². The molecule has 5 nitrogen and oxygen atoms in total. The quantitative estimate of drug-likeness (QED) is 0.464. The van der Waals surface area contributed by atoms with Crippen LogP contribution in [0.2, 0.25) is 0 Å². The number of furan rings is 1. The lowest BCUT2D eigenvalue weighted by Crippen LogP contribution is -1.93. The number of nitrogens with zero attached hydrogens (tertiary/aromatic N) is 4. The van der Waals surface area contributed by atoms with E-state index in [-0.39, 0.29) is 7.43 Å². The fourth-order valence-corrected chi connectivity index (χ4v) is 2.84. The Bertz CT molecular complexity index is 1160. The summed E-state index contributed by atoms with van der Waals surface area (Å²) < 4.78 is 7.34. The second-order valence-electron chi connectivity index (χ2n) is 5.58. The van der Waals surface area contributed by atoms with Gasteiger partial charge >= 0.3 is 0 Å². The molecule has 0 spiro atoms. The molecule has 0 bridgehead atoms. The van der Waals surface area contributed by atoms with Crippen LogP contribution in [0.1, 0.15) is 7.43 Å². The summed E-state index contributed by atoms with van der Waals surface area (Å²) in [5, 5.41) is 2.04. The number of benzene rings is 2. The monoisotopic (exact) mass is 328 g/mol. The summed E-state index contributed by atoms with van der Waals surface area (Å²) in [4.78, 5) is 13.3. The van der Waals surface area contributed by atoms with E-state index in [0.717, 1.165) is 33.1 Å². The first kappa shape index (κ1) is 15.1. The first-order chi connectivity index (χ1) is 11.9. The molecule has 25 heavy (non-hydrogen) atoms. The zero-order valence-electron chi connectivity index (χ0n) is 12.6. The highest BCUT2D eigenvalue weighted by Crippen LogP contribution is 2.24. The van der Waals surface area contributed by atoms with Gasteiger partial charge in [-0.2, -0.15) is 0 Å². The van der Waals surface area contributed by atoms with Gasteiger partial charge < -0.3 is 8.98 Å². The van der Waals surface area contributed by atoms with E-state index in [4.69, 9.17) is 9.40 Å². The highest BCUT2D eigenvalue weighted by atomic mass is 16.3. The molecule has 5 heteroatoms. The summed E-state index contributed by atoms with van der Waals surface area (Å²) in [5.74, 6) is 0.709. The zero-order valence-corrected chi connectivity index (χ0v) is 12.6. The van der Waals surface area contributed by atoms with Crippen molar-refractivity contribution in [1.29, 1.82) is 0 Å². The molecule has 5 rings (SSSR count). The van der Waals surface area contributed by atoms with Crippen molar-refractivity contribution in [2.24, 2.45) is 0 Å². The first-order valence-corrected chi connectivity index (χ1v) is 7.60. The summed E-state index contributed by atoms with van der Waals surface area (Å²) in [6, 6.07) is 14.0. The van der Waals surface area contributed by atoms with Gasteiger partial charge in [0.15, 0.2) is 5.82 Å². The minimum Gasteiger partial charge on any atom is -0.464 e. The fourth-order valence-electron chi connectivity index (χ4n) is 2.84. The predicted octanol–water partition coefficient (Wildman–Crippen LogP) is 4.86. The van der Waals surface area contributed by atoms with E-state index in [2.05, 4.69) is 16.0 Å². The summed E-state index contributed by atoms with van der Waals surface area (Å²) in [6.07, 6.45) is 8.99. The average Bonchev–Trinajstić information content (AvgIpc) is 3.31. The van der Waals surface area contributed by atoms with Gasteiger partial charge in [-0.05, 0) is 42.5 Å². The second-order valence-corrected chi connectivity index (χ2v) is 5.58. The predicted molar refractivity (Wildman–Crippen MR) is 98.6 cm³/mol. The van der Waals surface area contributed by atoms with Gasteiger partial charge in [0.2, 0.25) is 0 Å². The van der Waals surface area contributed by atoms with Crippen LogP contribution < -0.4 is 0 Å². The molecule has 3 aromatic heterocycles. The smallest absolute Gasteiger partial charge is 0.159 e. The molecular weight excluding hydrogens is 312 g/mol. The van der Waals surface area contributed by atoms with Crippen LogP contribution in [0.4, 0.5) is 0 Å². The molecule has 3 heterocycles. The molecule has 122 valence electrons. The van der Waals surface area contributed by atoms with Gasteiger partial charge in [0, 0.05) is 40.6 Å². The fraction of sp³-hybridized carbons (Fsp3) is 0.0500. The van der Waals surface area contributed by atoms with E-state index in [9.17, 15) is 0 Å². The van der Waals surface area contributed by atoms with Crippen molar-refractivity contribution >= 4 is 21.9 Å². The van der Waals surface area contributed by atoms with Crippen molar-refractivity contribution < 1.29 is 4.42 Å².